The third kappa shape index (κ3) is 2.63. The van der Waals surface area contributed by atoms with Crippen LogP contribution in [-0.2, 0) is 23.9 Å². The van der Waals surface area contributed by atoms with Crippen molar-refractivity contribution in [2.75, 3.05) is 7.11 Å². The molecule has 4 aliphatic carbocycles. The molecule has 0 bridgehead atoms. The van der Waals surface area contributed by atoms with Gasteiger partial charge >= 0.3 is 0 Å². The molecule has 4 fully saturated rings. The molecule has 3 saturated carbocycles. The standard InChI is InChI=1S/C25H31F2NO6/c1-21(2)33-20-10-14-15-9-17(26)16-8-13(29)6-7-22(16,3)24(15,27)18(30)11-23(14,4)25(20,34-21)19(31)12-28-32-5/h6-8,12,14-15,17-18,20,30H,9-11H2,1-5H3/b28-12+/t14-,15-,17-,18-,20+,22-,23-,24-,25+/m0/s1. The van der Waals surface area contributed by atoms with Gasteiger partial charge in [0.1, 0.15) is 19.5 Å². The Morgan fingerprint density at radius 3 is 2.65 bits per heavy atom. The smallest absolute Gasteiger partial charge is 0.212 e. The van der Waals surface area contributed by atoms with Crippen molar-refractivity contribution in [2.45, 2.75) is 82.4 Å². The first kappa shape index (κ1) is 23.8. The third-order valence-electron chi connectivity index (χ3n) is 9.26. The molecule has 34 heavy (non-hydrogen) atoms. The normalized spacial score (nSPS) is 50.9. The van der Waals surface area contributed by atoms with Gasteiger partial charge in [0.05, 0.1) is 12.2 Å². The molecule has 5 aliphatic rings. The maximum absolute atomic E-state index is 17.3. The number of ether oxygens (including phenoxy) is 2. The molecule has 0 aromatic rings. The fraction of sp³-hybridized carbons (Fsp3) is 0.720. The highest BCUT2D eigenvalue weighted by Gasteiger charge is 2.80. The van der Waals surface area contributed by atoms with Crippen molar-refractivity contribution in [3.05, 3.63) is 23.8 Å². The van der Waals surface area contributed by atoms with Crippen LogP contribution in [0.1, 0.15) is 47.0 Å². The fourth-order valence-electron chi connectivity index (χ4n) is 7.93. The van der Waals surface area contributed by atoms with Crippen LogP contribution in [0.15, 0.2) is 29.0 Å². The average molecular weight is 480 g/mol. The number of nitrogens with zero attached hydrogens (tertiary/aromatic N) is 1. The van der Waals surface area contributed by atoms with E-state index >= 15 is 8.78 Å². The SMILES string of the molecule is CO/N=C/C(=O)[C@@]12OC(C)(C)O[C@@H]1C[C@H]1[C@@H]3C[C@H](F)C4=CC(=O)C=C[C@]4(C)[C@@]3(F)[C@@H](O)C[C@@]12C. The average Bonchev–Trinajstić information content (AvgIpc) is 3.16. The highest BCUT2D eigenvalue weighted by Crippen LogP contribution is 2.72. The number of oxime groups is 1. The van der Waals surface area contributed by atoms with Gasteiger partial charge < -0.3 is 19.4 Å². The highest BCUT2D eigenvalue weighted by molar-refractivity contribution is 6.31. The van der Waals surface area contributed by atoms with E-state index in [4.69, 9.17) is 14.3 Å². The molecule has 9 heteroatoms. The number of hydrogen-bond acceptors (Lipinski definition) is 7. The molecule has 7 nitrogen and oxygen atoms in total. The Kier molecular flexibility index (Phi) is 4.92. The van der Waals surface area contributed by atoms with Gasteiger partial charge in [-0.05, 0) is 63.7 Å². The Labute approximate surface area is 197 Å². The summed E-state index contributed by atoms with van der Waals surface area (Å²) in [5, 5.41) is 15.1. The zero-order chi connectivity index (χ0) is 24.9. The summed E-state index contributed by atoms with van der Waals surface area (Å²) in [6, 6.07) is 0. The summed E-state index contributed by atoms with van der Waals surface area (Å²) in [5.41, 5.74) is -6.26. The first-order valence-electron chi connectivity index (χ1n) is 11.7. The molecule has 1 saturated heterocycles. The number of aliphatic hydroxyl groups excluding tert-OH is 1. The largest absolute Gasteiger partial charge is 0.399 e. The summed E-state index contributed by atoms with van der Waals surface area (Å²) in [6.07, 6.45) is 0.971. The van der Waals surface area contributed by atoms with E-state index in [0.717, 1.165) is 12.3 Å². The maximum Gasteiger partial charge on any atom is 0.212 e. The van der Waals surface area contributed by atoms with Crippen molar-refractivity contribution in [2.24, 2.45) is 27.8 Å². The van der Waals surface area contributed by atoms with Gasteiger partial charge in [0.25, 0.3) is 0 Å². The zero-order valence-corrected chi connectivity index (χ0v) is 20.0. The molecule has 5 rings (SSSR count). The van der Waals surface area contributed by atoms with Crippen LogP contribution in [0, 0.1) is 22.7 Å². The molecule has 0 aromatic heterocycles. The molecule has 0 spiro atoms. The van der Waals surface area contributed by atoms with Crippen molar-refractivity contribution in [3.8, 4) is 0 Å². The molecule has 186 valence electrons. The van der Waals surface area contributed by atoms with E-state index in [1.54, 1.807) is 27.7 Å². The molecular weight excluding hydrogens is 448 g/mol. The Morgan fingerprint density at radius 2 is 1.97 bits per heavy atom. The number of allylic oxidation sites excluding steroid dienone is 4. The van der Waals surface area contributed by atoms with Crippen LogP contribution in [0.2, 0.25) is 0 Å². The number of aliphatic hydroxyl groups is 1. The monoisotopic (exact) mass is 479 g/mol. The Morgan fingerprint density at radius 1 is 1.26 bits per heavy atom. The molecule has 1 heterocycles. The summed E-state index contributed by atoms with van der Waals surface area (Å²) in [7, 11) is 1.31. The predicted octanol–water partition coefficient (Wildman–Crippen LogP) is 3.01. The van der Waals surface area contributed by atoms with E-state index in [2.05, 4.69) is 5.16 Å². The summed E-state index contributed by atoms with van der Waals surface area (Å²) in [6.45, 7) is 6.74. The molecule has 0 radical (unpaired) electrons. The van der Waals surface area contributed by atoms with Crippen LogP contribution in [-0.4, -0.2) is 65.4 Å². The summed E-state index contributed by atoms with van der Waals surface area (Å²) in [5.74, 6) is -3.43. The van der Waals surface area contributed by atoms with Crippen LogP contribution in [0.5, 0.6) is 0 Å². The van der Waals surface area contributed by atoms with Gasteiger partial charge in [-0.25, -0.2) is 8.78 Å². The van der Waals surface area contributed by atoms with Gasteiger partial charge in [0.2, 0.25) is 5.78 Å². The molecule has 1 aliphatic heterocycles. The summed E-state index contributed by atoms with van der Waals surface area (Å²) >= 11 is 0. The summed E-state index contributed by atoms with van der Waals surface area (Å²) in [4.78, 5) is 30.2. The quantitative estimate of drug-likeness (QED) is 0.494. The fourth-order valence-corrected chi connectivity index (χ4v) is 7.93. The maximum atomic E-state index is 17.3. The molecule has 0 amide bonds. The minimum Gasteiger partial charge on any atom is -0.399 e. The first-order chi connectivity index (χ1) is 15.8. The van der Waals surface area contributed by atoms with Crippen molar-refractivity contribution in [3.63, 3.8) is 0 Å². The zero-order valence-electron chi connectivity index (χ0n) is 20.0. The summed E-state index contributed by atoms with van der Waals surface area (Å²) < 4.78 is 45.3. The number of ketones is 2. The number of fused-ring (bicyclic) bond motifs is 7. The van der Waals surface area contributed by atoms with Gasteiger partial charge in [-0.1, -0.05) is 18.2 Å². The lowest BCUT2D eigenvalue weighted by molar-refractivity contribution is -0.246. The number of carbonyl (C=O) groups is 2. The molecular formula is C25H31F2NO6. The number of carbonyl (C=O) groups excluding carboxylic acids is 2. The second-order valence-electron chi connectivity index (χ2n) is 11.2. The predicted molar refractivity (Wildman–Crippen MR) is 117 cm³/mol. The number of alkyl halides is 2. The van der Waals surface area contributed by atoms with Gasteiger partial charge in [-0.15, -0.1) is 0 Å². The molecule has 0 unspecified atom stereocenters. The lowest BCUT2D eigenvalue weighted by Gasteiger charge is -2.63. The van der Waals surface area contributed by atoms with Crippen molar-refractivity contribution >= 4 is 17.8 Å². The van der Waals surface area contributed by atoms with Crippen molar-refractivity contribution in [1.82, 2.24) is 0 Å². The lowest BCUT2D eigenvalue weighted by atomic mass is 9.44. The Balaban J connectivity index is 1.65. The second-order valence-corrected chi connectivity index (χ2v) is 11.2. The molecule has 1 N–H and O–H groups in total. The third-order valence-corrected chi connectivity index (χ3v) is 9.26. The minimum atomic E-state index is -2.23. The van der Waals surface area contributed by atoms with Crippen LogP contribution in [0.3, 0.4) is 0 Å². The van der Waals surface area contributed by atoms with E-state index in [9.17, 15) is 14.7 Å². The van der Waals surface area contributed by atoms with Gasteiger partial charge in [-0.3, -0.25) is 9.59 Å². The van der Waals surface area contributed by atoms with Crippen molar-refractivity contribution in [1.29, 1.82) is 0 Å². The number of hydrogen-bond donors (Lipinski definition) is 1. The Hall–Kier alpha value is -1.97. The van der Waals surface area contributed by atoms with Crippen LogP contribution < -0.4 is 0 Å². The van der Waals surface area contributed by atoms with Gasteiger partial charge in [0, 0.05) is 16.7 Å². The molecule has 0 aromatic carbocycles. The Bertz CT molecular complexity index is 1040. The van der Waals surface area contributed by atoms with Gasteiger partial charge in [-0.2, -0.15) is 0 Å². The van der Waals surface area contributed by atoms with E-state index in [1.807, 2.05) is 0 Å². The van der Waals surface area contributed by atoms with E-state index in [1.165, 1.54) is 19.3 Å². The van der Waals surface area contributed by atoms with Gasteiger partial charge in [0.15, 0.2) is 22.8 Å². The highest BCUT2D eigenvalue weighted by atomic mass is 19.1. The molecule has 9 atom stereocenters. The van der Waals surface area contributed by atoms with Crippen LogP contribution in [0.25, 0.3) is 0 Å². The minimum absolute atomic E-state index is 0.0613. The first-order valence-corrected chi connectivity index (χ1v) is 11.7. The van der Waals surface area contributed by atoms with E-state index in [0.29, 0.717) is 0 Å². The second kappa shape index (κ2) is 7.04. The van der Waals surface area contributed by atoms with Crippen LogP contribution >= 0.6 is 0 Å². The van der Waals surface area contributed by atoms with E-state index < -0.39 is 69.7 Å². The number of rotatable bonds is 3. The van der Waals surface area contributed by atoms with E-state index in [-0.39, 0.29) is 24.8 Å². The number of Topliss-reactive ketones (excluding diaryl/α,β-unsaturated/α-hetero) is 1. The lowest BCUT2D eigenvalue weighted by Crippen LogP contribution is -2.71. The number of halogens is 2. The topological polar surface area (TPSA) is 94.4 Å². The van der Waals surface area contributed by atoms with Crippen molar-refractivity contribution < 1.29 is 37.8 Å². The van der Waals surface area contributed by atoms with Crippen LogP contribution in [0.4, 0.5) is 8.78 Å².